The summed E-state index contributed by atoms with van der Waals surface area (Å²) in [5.74, 6) is 2.24. The van der Waals surface area contributed by atoms with Crippen LogP contribution in [-0.4, -0.2) is 48.8 Å². The van der Waals surface area contributed by atoms with E-state index >= 15 is 0 Å². The second-order valence-electron chi connectivity index (χ2n) is 8.23. The number of hydrogen-bond donors (Lipinski definition) is 1. The Labute approximate surface area is 125 Å². The summed E-state index contributed by atoms with van der Waals surface area (Å²) < 4.78 is 6.35. The largest absolute Gasteiger partial charge is 0.368 e. The lowest BCUT2D eigenvalue weighted by Gasteiger charge is -2.32. The lowest BCUT2D eigenvalue weighted by Crippen LogP contribution is -2.49. The quantitative estimate of drug-likeness (QED) is 0.858. The molecular weight excluding hydrogens is 248 g/mol. The molecule has 2 rings (SSSR count). The Morgan fingerprint density at radius 2 is 1.85 bits per heavy atom. The van der Waals surface area contributed by atoms with Gasteiger partial charge in [0, 0.05) is 25.0 Å². The number of rotatable bonds is 4. The van der Waals surface area contributed by atoms with Crippen molar-refractivity contribution in [1.29, 1.82) is 0 Å². The van der Waals surface area contributed by atoms with Crippen LogP contribution < -0.4 is 5.32 Å². The number of nitrogens with one attached hydrogen (secondary N) is 1. The van der Waals surface area contributed by atoms with E-state index in [2.05, 4.69) is 58.8 Å². The van der Waals surface area contributed by atoms with Crippen LogP contribution >= 0.6 is 0 Å². The molecule has 2 saturated heterocycles. The Hall–Kier alpha value is -0.120. The molecule has 0 aromatic carbocycles. The standard InChI is InChI=1S/C17H34N2O/c1-12(2)13-8-9-19(10-13)11-14-15(18-7)17(5,6)20-16(14,3)4/h12-15,18H,8-11H2,1-7H3. The number of likely N-dealkylation sites (tertiary alicyclic amines) is 1. The maximum absolute atomic E-state index is 6.35. The van der Waals surface area contributed by atoms with Crippen molar-refractivity contribution in [2.24, 2.45) is 17.8 Å². The first kappa shape index (κ1) is 16.3. The molecule has 2 fully saturated rings. The predicted molar refractivity (Wildman–Crippen MR) is 85.0 cm³/mol. The first-order valence-corrected chi connectivity index (χ1v) is 8.27. The van der Waals surface area contributed by atoms with Gasteiger partial charge in [0.05, 0.1) is 11.2 Å². The van der Waals surface area contributed by atoms with Crippen molar-refractivity contribution in [3.05, 3.63) is 0 Å². The molecule has 3 heteroatoms. The van der Waals surface area contributed by atoms with E-state index in [1.165, 1.54) is 19.5 Å². The lowest BCUT2D eigenvalue weighted by atomic mass is 9.82. The van der Waals surface area contributed by atoms with Crippen LogP contribution in [0.3, 0.4) is 0 Å². The maximum atomic E-state index is 6.35. The highest BCUT2D eigenvalue weighted by Gasteiger charge is 2.53. The van der Waals surface area contributed by atoms with E-state index in [1.807, 2.05) is 0 Å². The third-order valence-corrected chi connectivity index (χ3v) is 5.59. The summed E-state index contributed by atoms with van der Waals surface area (Å²) >= 11 is 0. The molecule has 3 atom stereocenters. The Kier molecular flexibility index (Phi) is 4.54. The van der Waals surface area contributed by atoms with E-state index < -0.39 is 0 Å². The van der Waals surface area contributed by atoms with Gasteiger partial charge >= 0.3 is 0 Å². The number of ether oxygens (including phenoxy) is 1. The van der Waals surface area contributed by atoms with Crippen molar-refractivity contribution < 1.29 is 4.74 Å². The van der Waals surface area contributed by atoms with Gasteiger partial charge in [-0.1, -0.05) is 13.8 Å². The molecule has 0 aliphatic carbocycles. The Bertz CT molecular complexity index is 338. The van der Waals surface area contributed by atoms with Gasteiger partial charge in [-0.2, -0.15) is 0 Å². The number of nitrogens with zero attached hydrogens (tertiary/aromatic N) is 1. The summed E-state index contributed by atoms with van der Waals surface area (Å²) in [6, 6.07) is 0.426. The van der Waals surface area contributed by atoms with Crippen LogP contribution in [0.2, 0.25) is 0 Å². The minimum atomic E-state index is -0.0832. The molecular formula is C17H34N2O. The minimum Gasteiger partial charge on any atom is -0.368 e. The van der Waals surface area contributed by atoms with Crippen LogP contribution in [-0.2, 0) is 4.74 Å². The zero-order valence-electron chi connectivity index (χ0n) is 14.5. The van der Waals surface area contributed by atoms with Gasteiger partial charge in [-0.3, -0.25) is 0 Å². The van der Waals surface area contributed by atoms with E-state index in [4.69, 9.17) is 4.74 Å². The van der Waals surface area contributed by atoms with Gasteiger partial charge in [0.25, 0.3) is 0 Å². The molecule has 0 aromatic heterocycles. The molecule has 0 spiro atoms. The Morgan fingerprint density at radius 1 is 1.20 bits per heavy atom. The first-order valence-electron chi connectivity index (χ1n) is 8.27. The molecule has 2 heterocycles. The molecule has 0 bridgehead atoms. The fourth-order valence-electron chi connectivity index (χ4n) is 4.43. The highest BCUT2D eigenvalue weighted by Crippen LogP contribution is 2.43. The summed E-state index contributed by atoms with van der Waals surface area (Å²) in [6.07, 6.45) is 1.36. The van der Waals surface area contributed by atoms with E-state index in [9.17, 15) is 0 Å². The summed E-state index contributed by atoms with van der Waals surface area (Å²) in [4.78, 5) is 2.66. The van der Waals surface area contributed by atoms with Gasteiger partial charge in [0.15, 0.2) is 0 Å². The van der Waals surface area contributed by atoms with Crippen molar-refractivity contribution in [2.75, 3.05) is 26.7 Å². The van der Waals surface area contributed by atoms with Crippen LogP contribution in [0.5, 0.6) is 0 Å². The average molecular weight is 282 g/mol. The fraction of sp³-hybridized carbons (Fsp3) is 1.00. The van der Waals surface area contributed by atoms with E-state index in [0.29, 0.717) is 12.0 Å². The average Bonchev–Trinajstić information content (AvgIpc) is 2.81. The summed E-state index contributed by atoms with van der Waals surface area (Å²) in [6.45, 7) is 17.3. The normalized spacial score (nSPS) is 36.9. The molecule has 2 aliphatic heterocycles. The number of hydrogen-bond acceptors (Lipinski definition) is 3. The predicted octanol–water partition coefficient (Wildman–Crippen LogP) is 2.76. The molecule has 118 valence electrons. The molecule has 3 nitrogen and oxygen atoms in total. The fourth-order valence-corrected chi connectivity index (χ4v) is 4.43. The number of likely N-dealkylation sites (N-methyl/N-ethyl adjacent to an activating group) is 1. The van der Waals surface area contributed by atoms with E-state index in [-0.39, 0.29) is 11.2 Å². The van der Waals surface area contributed by atoms with Gasteiger partial charge in [-0.05, 0) is 59.5 Å². The third-order valence-electron chi connectivity index (χ3n) is 5.59. The molecule has 3 unspecified atom stereocenters. The molecule has 0 aromatic rings. The molecule has 1 N–H and O–H groups in total. The van der Waals surface area contributed by atoms with Gasteiger partial charge < -0.3 is 15.0 Å². The van der Waals surface area contributed by atoms with E-state index in [0.717, 1.165) is 18.4 Å². The molecule has 2 aliphatic rings. The van der Waals surface area contributed by atoms with E-state index in [1.54, 1.807) is 0 Å². The second kappa shape index (κ2) is 5.58. The Morgan fingerprint density at radius 3 is 2.35 bits per heavy atom. The molecule has 0 amide bonds. The van der Waals surface area contributed by atoms with Gasteiger partial charge in [-0.15, -0.1) is 0 Å². The van der Waals surface area contributed by atoms with Crippen molar-refractivity contribution in [1.82, 2.24) is 10.2 Å². The molecule has 0 saturated carbocycles. The third kappa shape index (κ3) is 3.05. The zero-order chi connectivity index (χ0) is 15.1. The summed E-state index contributed by atoms with van der Waals surface area (Å²) in [5, 5.41) is 3.52. The highest BCUT2D eigenvalue weighted by molar-refractivity contribution is 5.06. The zero-order valence-corrected chi connectivity index (χ0v) is 14.5. The van der Waals surface area contributed by atoms with Crippen LogP contribution in [0.1, 0.15) is 48.0 Å². The van der Waals surface area contributed by atoms with Crippen molar-refractivity contribution in [3.63, 3.8) is 0 Å². The Balaban J connectivity index is 2.04. The summed E-state index contributed by atoms with van der Waals surface area (Å²) in [7, 11) is 2.07. The van der Waals surface area contributed by atoms with Crippen LogP contribution in [0.15, 0.2) is 0 Å². The lowest BCUT2D eigenvalue weighted by molar-refractivity contribution is -0.0791. The first-order chi connectivity index (χ1) is 9.17. The summed E-state index contributed by atoms with van der Waals surface area (Å²) in [5.41, 5.74) is -0.132. The maximum Gasteiger partial charge on any atom is 0.0790 e. The molecule has 20 heavy (non-hydrogen) atoms. The van der Waals surface area contributed by atoms with Crippen molar-refractivity contribution in [3.8, 4) is 0 Å². The van der Waals surface area contributed by atoms with Gasteiger partial charge in [-0.25, -0.2) is 0 Å². The monoisotopic (exact) mass is 282 g/mol. The van der Waals surface area contributed by atoms with Crippen molar-refractivity contribution in [2.45, 2.75) is 65.2 Å². The van der Waals surface area contributed by atoms with Crippen LogP contribution in [0.4, 0.5) is 0 Å². The minimum absolute atomic E-state index is 0.0485. The van der Waals surface area contributed by atoms with Crippen LogP contribution in [0.25, 0.3) is 0 Å². The highest BCUT2D eigenvalue weighted by atomic mass is 16.5. The molecule has 0 radical (unpaired) electrons. The topological polar surface area (TPSA) is 24.5 Å². The SMILES string of the molecule is CNC1C(CN2CCC(C(C)C)C2)C(C)(C)OC1(C)C. The second-order valence-corrected chi connectivity index (χ2v) is 8.23. The van der Waals surface area contributed by atoms with Crippen LogP contribution in [0, 0.1) is 17.8 Å². The van der Waals surface area contributed by atoms with Gasteiger partial charge in [0.1, 0.15) is 0 Å². The smallest absolute Gasteiger partial charge is 0.0790 e. The van der Waals surface area contributed by atoms with Gasteiger partial charge in [0.2, 0.25) is 0 Å². The van der Waals surface area contributed by atoms with Crippen molar-refractivity contribution >= 4 is 0 Å².